The van der Waals surface area contributed by atoms with E-state index >= 15 is 0 Å². The topological polar surface area (TPSA) is 49.3 Å². The molecule has 1 aliphatic heterocycles. The van der Waals surface area contributed by atoms with Gasteiger partial charge in [0.25, 0.3) is 0 Å². The van der Waals surface area contributed by atoms with Crippen molar-refractivity contribution >= 4 is 17.6 Å². The minimum atomic E-state index is -0.848. The lowest BCUT2D eigenvalue weighted by Crippen LogP contribution is -2.47. The summed E-state index contributed by atoms with van der Waals surface area (Å²) in [6, 6.07) is 0. The smallest absolute Gasteiger partial charge is 0.324 e. The van der Waals surface area contributed by atoms with Gasteiger partial charge >= 0.3 is 5.97 Å². The maximum atomic E-state index is 10.9. The molecule has 1 rings (SSSR count). The molecule has 68 valence electrons. The number of hydrogen-bond donors (Lipinski definition) is 2. The zero-order valence-electron chi connectivity index (χ0n) is 6.77. The Morgan fingerprint density at radius 2 is 2.50 bits per heavy atom. The molecule has 1 heterocycles. The summed E-state index contributed by atoms with van der Waals surface area (Å²) < 4.78 is 0. The van der Waals surface area contributed by atoms with Crippen molar-refractivity contribution < 1.29 is 9.90 Å². The molecule has 0 amide bonds. The summed E-state index contributed by atoms with van der Waals surface area (Å²) in [5.41, 5.74) is 0.0845. The number of carboxylic acid groups (broad SMARTS) is 1. The molecule has 1 atom stereocenters. The maximum absolute atomic E-state index is 10.9. The number of halogens is 1. The fourth-order valence-electron chi connectivity index (χ4n) is 1.44. The Morgan fingerprint density at radius 1 is 1.83 bits per heavy atom. The Hall–Kier alpha value is -0.540. The highest BCUT2D eigenvalue weighted by molar-refractivity contribution is 6.18. The van der Waals surface area contributed by atoms with Gasteiger partial charge in [-0.2, -0.15) is 0 Å². The molecule has 0 aromatic rings. The molecule has 0 aliphatic carbocycles. The lowest BCUT2D eigenvalue weighted by atomic mass is 9.93. The van der Waals surface area contributed by atoms with E-state index in [0.717, 1.165) is 5.57 Å². The molecule has 0 aromatic heterocycles. The highest BCUT2D eigenvalue weighted by Gasteiger charge is 2.41. The normalized spacial score (nSPS) is 29.2. The van der Waals surface area contributed by atoms with E-state index in [4.69, 9.17) is 16.7 Å². The predicted octanol–water partition coefficient (Wildman–Crippen LogP) is 0.988. The van der Waals surface area contributed by atoms with Crippen LogP contribution in [0.2, 0.25) is 0 Å². The van der Waals surface area contributed by atoms with Crippen molar-refractivity contribution in [3.63, 3.8) is 0 Å². The molecule has 1 aliphatic rings. The number of alkyl halides is 1. The number of carbonyl (C=O) groups is 1. The van der Waals surface area contributed by atoms with Crippen LogP contribution in [0.3, 0.4) is 0 Å². The Balaban J connectivity index is 2.74. The average molecular weight is 190 g/mol. The zero-order chi connectivity index (χ0) is 9.19. The van der Waals surface area contributed by atoms with E-state index in [2.05, 4.69) is 11.9 Å². The molecule has 1 fully saturated rings. The number of carboxylic acids is 1. The lowest BCUT2D eigenvalue weighted by molar-refractivity contribution is -0.144. The first kappa shape index (κ1) is 9.55. The van der Waals surface area contributed by atoms with E-state index in [9.17, 15) is 4.79 Å². The predicted molar refractivity (Wildman–Crippen MR) is 47.5 cm³/mol. The summed E-state index contributed by atoms with van der Waals surface area (Å²) in [6.07, 6.45) is 0.942. The van der Waals surface area contributed by atoms with Crippen LogP contribution in [0.25, 0.3) is 0 Å². The Bertz CT molecular complexity index is 217. The van der Waals surface area contributed by atoms with Gasteiger partial charge in [0.2, 0.25) is 0 Å². The molecular formula is C8H12ClNO2. The van der Waals surface area contributed by atoms with Crippen molar-refractivity contribution in [3.05, 3.63) is 12.2 Å². The lowest BCUT2D eigenvalue weighted by Gasteiger charge is -2.22. The van der Waals surface area contributed by atoms with Gasteiger partial charge in [0.1, 0.15) is 5.54 Å². The van der Waals surface area contributed by atoms with Gasteiger partial charge in [-0.15, -0.1) is 11.6 Å². The summed E-state index contributed by atoms with van der Waals surface area (Å²) >= 11 is 5.53. The van der Waals surface area contributed by atoms with E-state index in [1.165, 1.54) is 0 Å². The van der Waals surface area contributed by atoms with E-state index < -0.39 is 11.5 Å². The minimum absolute atomic E-state index is 0.354. The summed E-state index contributed by atoms with van der Waals surface area (Å²) in [5.74, 6) is -0.478. The van der Waals surface area contributed by atoms with Crippen LogP contribution in [0.5, 0.6) is 0 Å². The molecule has 3 nitrogen and oxygen atoms in total. The Kier molecular flexibility index (Phi) is 2.75. The Morgan fingerprint density at radius 3 is 2.83 bits per heavy atom. The zero-order valence-corrected chi connectivity index (χ0v) is 7.52. The molecule has 0 bridgehead atoms. The third-order valence-electron chi connectivity index (χ3n) is 2.16. The van der Waals surface area contributed by atoms with Crippen molar-refractivity contribution in [2.75, 3.05) is 12.4 Å². The Labute approximate surface area is 76.4 Å². The summed E-state index contributed by atoms with van der Waals surface area (Å²) in [7, 11) is 0. The second-order valence-corrected chi connectivity index (χ2v) is 3.48. The monoisotopic (exact) mass is 189 g/mol. The van der Waals surface area contributed by atoms with Gasteiger partial charge in [0.05, 0.1) is 0 Å². The second-order valence-electron chi connectivity index (χ2n) is 3.11. The summed E-state index contributed by atoms with van der Waals surface area (Å²) in [4.78, 5) is 10.9. The largest absolute Gasteiger partial charge is 0.480 e. The van der Waals surface area contributed by atoms with Crippen molar-refractivity contribution in [2.24, 2.45) is 0 Å². The fourth-order valence-corrected chi connectivity index (χ4v) is 1.76. The van der Waals surface area contributed by atoms with Crippen molar-refractivity contribution in [1.82, 2.24) is 5.32 Å². The average Bonchev–Trinajstić information content (AvgIpc) is 2.34. The second kappa shape index (κ2) is 3.46. The highest BCUT2D eigenvalue weighted by Crippen LogP contribution is 2.26. The van der Waals surface area contributed by atoms with Crippen LogP contribution in [0, 0.1) is 0 Å². The standard InChI is InChI=1S/C8H12ClNO2/c1-6-4-8(2-3-9,7(11)12)10-5-6/h10H,1-5H2,(H,11,12). The number of nitrogens with one attached hydrogen (secondary N) is 1. The fraction of sp³-hybridized carbons (Fsp3) is 0.625. The first-order valence-electron chi connectivity index (χ1n) is 3.82. The summed E-state index contributed by atoms with van der Waals surface area (Å²) in [5, 5.41) is 11.9. The van der Waals surface area contributed by atoms with E-state index in [1.807, 2.05) is 0 Å². The third-order valence-corrected chi connectivity index (χ3v) is 2.35. The van der Waals surface area contributed by atoms with Gasteiger partial charge in [-0.25, -0.2) is 0 Å². The van der Waals surface area contributed by atoms with E-state index in [-0.39, 0.29) is 0 Å². The van der Waals surface area contributed by atoms with Crippen LogP contribution in [0.1, 0.15) is 12.8 Å². The first-order chi connectivity index (χ1) is 5.60. The molecule has 0 spiro atoms. The molecule has 0 saturated carbocycles. The van der Waals surface area contributed by atoms with E-state index in [1.54, 1.807) is 0 Å². The number of hydrogen-bond acceptors (Lipinski definition) is 2. The van der Waals surface area contributed by atoms with Crippen LogP contribution in [0.4, 0.5) is 0 Å². The third kappa shape index (κ3) is 1.62. The van der Waals surface area contributed by atoms with Crippen LogP contribution in [-0.4, -0.2) is 29.0 Å². The first-order valence-corrected chi connectivity index (χ1v) is 4.35. The van der Waals surface area contributed by atoms with Crippen molar-refractivity contribution in [2.45, 2.75) is 18.4 Å². The van der Waals surface area contributed by atoms with Crippen LogP contribution < -0.4 is 5.32 Å². The molecule has 1 saturated heterocycles. The van der Waals surface area contributed by atoms with Gasteiger partial charge in [-0.1, -0.05) is 12.2 Å². The van der Waals surface area contributed by atoms with Gasteiger partial charge in [0.15, 0.2) is 0 Å². The van der Waals surface area contributed by atoms with Gasteiger partial charge < -0.3 is 5.11 Å². The van der Waals surface area contributed by atoms with Crippen LogP contribution >= 0.6 is 11.6 Å². The van der Waals surface area contributed by atoms with Gasteiger partial charge in [-0.05, 0) is 12.8 Å². The molecule has 0 aromatic carbocycles. The van der Waals surface area contributed by atoms with Crippen molar-refractivity contribution in [1.29, 1.82) is 0 Å². The summed E-state index contributed by atoms with van der Waals surface area (Å²) in [6.45, 7) is 4.33. The molecule has 1 unspecified atom stereocenters. The SMILES string of the molecule is C=C1CNC(CCCl)(C(=O)O)C1. The quantitative estimate of drug-likeness (QED) is 0.514. The molecule has 4 heteroatoms. The molecule has 12 heavy (non-hydrogen) atoms. The van der Waals surface area contributed by atoms with Gasteiger partial charge in [-0.3, -0.25) is 10.1 Å². The van der Waals surface area contributed by atoms with E-state index in [0.29, 0.717) is 25.3 Å². The van der Waals surface area contributed by atoms with Crippen LogP contribution in [-0.2, 0) is 4.79 Å². The molecule has 2 N–H and O–H groups in total. The minimum Gasteiger partial charge on any atom is -0.480 e. The maximum Gasteiger partial charge on any atom is 0.324 e. The molecule has 0 radical (unpaired) electrons. The number of aliphatic carboxylic acids is 1. The van der Waals surface area contributed by atoms with Crippen LogP contribution in [0.15, 0.2) is 12.2 Å². The number of rotatable bonds is 3. The van der Waals surface area contributed by atoms with Crippen molar-refractivity contribution in [3.8, 4) is 0 Å². The van der Waals surface area contributed by atoms with Gasteiger partial charge in [0, 0.05) is 12.4 Å². The highest BCUT2D eigenvalue weighted by atomic mass is 35.5. The molecular weight excluding hydrogens is 178 g/mol.